The van der Waals surface area contributed by atoms with E-state index in [1.54, 1.807) is 6.07 Å². The third-order valence-electron chi connectivity index (χ3n) is 4.02. The number of hydrogen-bond acceptors (Lipinski definition) is 3. The Hall–Kier alpha value is -1.42. The van der Waals surface area contributed by atoms with Crippen LogP contribution in [-0.2, 0) is 16.0 Å². The van der Waals surface area contributed by atoms with E-state index in [0.29, 0.717) is 6.42 Å². The lowest BCUT2D eigenvalue weighted by Gasteiger charge is -2.35. The third kappa shape index (κ3) is 4.29. The van der Waals surface area contributed by atoms with Gasteiger partial charge < -0.3 is 4.74 Å². The van der Waals surface area contributed by atoms with Crippen molar-refractivity contribution in [2.75, 3.05) is 13.1 Å². The van der Waals surface area contributed by atoms with Crippen LogP contribution in [0.3, 0.4) is 0 Å². The van der Waals surface area contributed by atoms with Gasteiger partial charge in [0, 0.05) is 24.6 Å². The van der Waals surface area contributed by atoms with Crippen molar-refractivity contribution < 1.29 is 13.9 Å². The summed E-state index contributed by atoms with van der Waals surface area (Å²) in [4.78, 5) is 14.0. The summed E-state index contributed by atoms with van der Waals surface area (Å²) in [5.41, 5.74) is 1.49. The summed E-state index contributed by atoms with van der Waals surface area (Å²) in [7, 11) is 0. The molecular weight excluding hydrogens is 281 g/mol. The molecule has 4 heteroatoms. The van der Waals surface area contributed by atoms with Crippen LogP contribution in [0.1, 0.15) is 57.7 Å². The van der Waals surface area contributed by atoms with Gasteiger partial charge in [-0.05, 0) is 58.7 Å². The van der Waals surface area contributed by atoms with E-state index in [-0.39, 0.29) is 17.8 Å². The van der Waals surface area contributed by atoms with E-state index in [1.807, 2.05) is 33.8 Å². The Morgan fingerprint density at radius 1 is 1.41 bits per heavy atom. The normalized spacial score (nSPS) is 18.9. The highest BCUT2D eigenvalue weighted by Gasteiger charge is 2.26. The van der Waals surface area contributed by atoms with Crippen molar-refractivity contribution in [3.63, 3.8) is 0 Å². The predicted molar refractivity (Wildman–Crippen MR) is 85.2 cm³/mol. The molecule has 0 aromatic heterocycles. The molecule has 3 nitrogen and oxygen atoms in total. The zero-order valence-corrected chi connectivity index (χ0v) is 14.0. The van der Waals surface area contributed by atoms with Gasteiger partial charge in [-0.1, -0.05) is 12.1 Å². The first-order valence-electron chi connectivity index (χ1n) is 8.01. The summed E-state index contributed by atoms with van der Waals surface area (Å²) < 4.78 is 19.3. The minimum atomic E-state index is -0.433. The molecule has 0 aliphatic carbocycles. The van der Waals surface area contributed by atoms with Gasteiger partial charge in [-0.2, -0.15) is 0 Å². The molecule has 0 saturated heterocycles. The summed E-state index contributed by atoms with van der Waals surface area (Å²) in [5, 5.41) is 0. The first kappa shape index (κ1) is 16.9. The molecular formula is C18H26FNO2. The molecule has 122 valence electrons. The quantitative estimate of drug-likeness (QED) is 0.791. The summed E-state index contributed by atoms with van der Waals surface area (Å²) >= 11 is 0. The Balaban J connectivity index is 1.88. The second-order valence-corrected chi connectivity index (χ2v) is 6.96. The van der Waals surface area contributed by atoms with E-state index < -0.39 is 5.60 Å². The lowest BCUT2D eigenvalue weighted by molar-refractivity contribution is -0.155. The highest BCUT2D eigenvalue weighted by Crippen LogP contribution is 2.31. The molecule has 1 aromatic carbocycles. The van der Waals surface area contributed by atoms with Gasteiger partial charge in [0.15, 0.2) is 0 Å². The Labute approximate surface area is 132 Å². The minimum absolute atomic E-state index is 0.0589. The maximum Gasteiger partial charge on any atom is 0.306 e. The zero-order valence-electron chi connectivity index (χ0n) is 14.0. The molecule has 1 heterocycles. The first-order valence-corrected chi connectivity index (χ1v) is 8.01. The van der Waals surface area contributed by atoms with E-state index in [9.17, 15) is 9.18 Å². The number of nitrogens with zero attached hydrogens (tertiary/aromatic N) is 1. The van der Waals surface area contributed by atoms with E-state index in [0.717, 1.165) is 37.1 Å². The van der Waals surface area contributed by atoms with Crippen molar-refractivity contribution in [3.8, 4) is 0 Å². The van der Waals surface area contributed by atoms with Gasteiger partial charge in [0.25, 0.3) is 0 Å². The lowest BCUT2D eigenvalue weighted by atomic mass is 9.93. The molecule has 2 rings (SSSR count). The Morgan fingerprint density at radius 2 is 2.14 bits per heavy atom. The highest BCUT2D eigenvalue weighted by atomic mass is 19.1. The van der Waals surface area contributed by atoms with Crippen LogP contribution < -0.4 is 0 Å². The van der Waals surface area contributed by atoms with E-state index in [2.05, 4.69) is 4.90 Å². The molecule has 1 aromatic rings. The van der Waals surface area contributed by atoms with Gasteiger partial charge in [0.2, 0.25) is 0 Å². The molecule has 0 unspecified atom stereocenters. The Morgan fingerprint density at radius 3 is 2.82 bits per heavy atom. The Bertz CT molecular complexity index is 536. The molecule has 1 aliphatic heterocycles. The third-order valence-corrected chi connectivity index (χ3v) is 4.02. The summed E-state index contributed by atoms with van der Waals surface area (Å²) in [5.74, 6) is -0.286. The fraction of sp³-hybridized carbons (Fsp3) is 0.611. The fourth-order valence-electron chi connectivity index (χ4n) is 3.03. The van der Waals surface area contributed by atoms with Crippen molar-refractivity contribution in [3.05, 3.63) is 35.1 Å². The number of hydrogen-bond donors (Lipinski definition) is 0. The number of halogens is 1. The van der Waals surface area contributed by atoms with Gasteiger partial charge in [-0.3, -0.25) is 9.69 Å². The lowest BCUT2D eigenvalue weighted by Crippen LogP contribution is -2.35. The van der Waals surface area contributed by atoms with Crippen LogP contribution >= 0.6 is 0 Å². The number of rotatable bonds is 4. The van der Waals surface area contributed by atoms with Crippen LogP contribution in [0.4, 0.5) is 4.39 Å². The van der Waals surface area contributed by atoms with Crippen LogP contribution in [0.25, 0.3) is 0 Å². The summed E-state index contributed by atoms with van der Waals surface area (Å²) in [6.07, 6.45) is 2.01. The van der Waals surface area contributed by atoms with Gasteiger partial charge in [0.1, 0.15) is 11.4 Å². The first-order chi connectivity index (χ1) is 10.3. The number of carbonyl (C=O) groups is 1. The van der Waals surface area contributed by atoms with Crippen LogP contribution in [0.5, 0.6) is 0 Å². The minimum Gasteiger partial charge on any atom is -0.460 e. The average Bonchev–Trinajstić information content (AvgIpc) is 2.39. The highest BCUT2D eigenvalue weighted by molar-refractivity contribution is 5.69. The number of carbonyl (C=O) groups excluding carboxylic acids is 1. The molecule has 0 spiro atoms. The number of fused-ring (bicyclic) bond motifs is 1. The van der Waals surface area contributed by atoms with Crippen molar-refractivity contribution in [1.29, 1.82) is 0 Å². The SMILES string of the molecule is C[C@H]1c2c(F)cccc2CCN1CCCC(=O)OC(C)(C)C. The van der Waals surface area contributed by atoms with Gasteiger partial charge >= 0.3 is 5.97 Å². The van der Waals surface area contributed by atoms with Crippen LogP contribution in [0, 0.1) is 5.82 Å². The van der Waals surface area contributed by atoms with Gasteiger partial charge in [0.05, 0.1) is 0 Å². The molecule has 0 N–H and O–H groups in total. The molecule has 0 amide bonds. The van der Waals surface area contributed by atoms with Crippen molar-refractivity contribution in [2.45, 2.75) is 58.6 Å². The summed E-state index contributed by atoms with van der Waals surface area (Å²) in [6, 6.07) is 5.37. The van der Waals surface area contributed by atoms with E-state index in [1.165, 1.54) is 6.07 Å². The predicted octanol–water partition coefficient (Wildman–Crippen LogP) is 3.87. The molecule has 0 saturated carbocycles. The molecule has 1 atom stereocenters. The topological polar surface area (TPSA) is 29.5 Å². The van der Waals surface area contributed by atoms with Crippen LogP contribution in [0.15, 0.2) is 18.2 Å². The zero-order chi connectivity index (χ0) is 16.3. The second kappa shape index (κ2) is 6.78. The van der Waals surface area contributed by atoms with Crippen molar-refractivity contribution >= 4 is 5.97 Å². The van der Waals surface area contributed by atoms with Crippen LogP contribution in [0.2, 0.25) is 0 Å². The molecule has 1 aliphatic rings. The molecule has 0 radical (unpaired) electrons. The largest absolute Gasteiger partial charge is 0.460 e. The molecule has 22 heavy (non-hydrogen) atoms. The van der Waals surface area contributed by atoms with Crippen molar-refractivity contribution in [1.82, 2.24) is 4.90 Å². The van der Waals surface area contributed by atoms with Gasteiger partial charge in [-0.25, -0.2) is 4.39 Å². The van der Waals surface area contributed by atoms with Gasteiger partial charge in [-0.15, -0.1) is 0 Å². The number of benzene rings is 1. The van der Waals surface area contributed by atoms with E-state index in [4.69, 9.17) is 4.74 Å². The number of esters is 1. The summed E-state index contributed by atoms with van der Waals surface area (Å²) in [6.45, 7) is 9.35. The van der Waals surface area contributed by atoms with E-state index >= 15 is 0 Å². The second-order valence-electron chi connectivity index (χ2n) is 6.96. The maximum absolute atomic E-state index is 14.0. The number of ether oxygens (including phenoxy) is 1. The smallest absolute Gasteiger partial charge is 0.306 e. The standard InChI is InChI=1S/C18H26FNO2/c1-13-17-14(7-5-8-15(17)19)10-12-20(13)11-6-9-16(21)22-18(2,3)4/h5,7-8,13H,6,9-12H2,1-4H3/t13-/m0/s1. The molecule has 0 bridgehead atoms. The Kier molecular flexibility index (Phi) is 5.22. The fourth-order valence-corrected chi connectivity index (χ4v) is 3.03. The monoisotopic (exact) mass is 307 g/mol. The average molecular weight is 307 g/mol. The van der Waals surface area contributed by atoms with Crippen LogP contribution in [-0.4, -0.2) is 29.6 Å². The maximum atomic E-state index is 14.0. The van der Waals surface area contributed by atoms with Crippen molar-refractivity contribution in [2.24, 2.45) is 0 Å². The molecule has 0 fully saturated rings.